The molecule has 4 aliphatic rings. The van der Waals surface area contributed by atoms with E-state index in [4.69, 9.17) is 0 Å². The average Bonchev–Trinajstić information content (AvgIpc) is 3.40. The third-order valence-corrected chi connectivity index (χ3v) is 10.4. The van der Waals surface area contributed by atoms with Gasteiger partial charge in [-0.05, 0) is 74.7 Å². The second kappa shape index (κ2) is 7.90. The molecule has 35 heavy (non-hydrogen) atoms. The number of carbonyl (C=O) groups is 2. The number of imidazole rings is 1. The number of hydrogen-bond acceptors (Lipinski definition) is 4. The number of carbonyl (C=O) groups excluding carboxylic acids is 2. The Labute approximate surface area is 207 Å². The number of nitrogens with one attached hydrogen (secondary N) is 1. The molecule has 0 aromatic carbocycles. The van der Waals surface area contributed by atoms with Crippen LogP contribution in [0.3, 0.4) is 0 Å². The number of aromatic nitrogens is 3. The van der Waals surface area contributed by atoms with E-state index in [1.165, 1.54) is 11.3 Å². The molecule has 186 valence electrons. The number of rotatable bonds is 3. The highest BCUT2D eigenvalue weighted by Crippen LogP contribution is 2.66. The van der Waals surface area contributed by atoms with Gasteiger partial charge in [0.15, 0.2) is 0 Å². The number of likely N-dealkylation sites (tertiary alicyclic amines) is 1. The molecule has 2 aromatic rings. The minimum absolute atomic E-state index is 0.0379. The predicted molar refractivity (Wildman–Crippen MR) is 133 cm³/mol. The van der Waals surface area contributed by atoms with Crippen LogP contribution >= 0.6 is 0 Å². The molecule has 3 heterocycles. The summed E-state index contributed by atoms with van der Waals surface area (Å²) in [7, 11) is 1.97. The van der Waals surface area contributed by atoms with Crippen molar-refractivity contribution in [2.75, 3.05) is 7.05 Å². The van der Waals surface area contributed by atoms with Gasteiger partial charge in [-0.3, -0.25) is 14.0 Å². The van der Waals surface area contributed by atoms with E-state index in [9.17, 15) is 9.59 Å². The zero-order valence-electron chi connectivity index (χ0n) is 21.4. The molecule has 2 aromatic heterocycles. The number of amides is 2. The molecular weight excluding hydrogens is 438 g/mol. The number of fused-ring (bicyclic) bond motifs is 6. The van der Waals surface area contributed by atoms with Crippen molar-refractivity contribution in [1.82, 2.24) is 24.6 Å². The second-order valence-corrected chi connectivity index (χ2v) is 12.0. The Balaban J connectivity index is 1.21. The summed E-state index contributed by atoms with van der Waals surface area (Å²) < 4.78 is 1.89. The van der Waals surface area contributed by atoms with Crippen molar-refractivity contribution in [1.29, 1.82) is 0 Å². The van der Waals surface area contributed by atoms with E-state index in [0.29, 0.717) is 36.5 Å². The van der Waals surface area contributed by atoms with Crippen LogP contribution in [0, 0.1) is 34.5 Å². The van der Waals surface area contributed by atoms with Crippen LogP contribution in [0.1, 0.15) is 71.4 Å². The lowest BCUT2D eigenvalue weighted by Crippen LogP contribution is -2.55. The van der Waals surface area contributed by atoms with Gasteiger partial charge in [0.05, 0.1) is 12.2 Å². The summed E-state index contributed by atoms with van der Waals surface area (Å²) in [6.45, 7) is 7.48. The van der Waals surface area contributed by atoms with E-state index >= 15 is 0 Å². The van der Waals surface area contributed by atoms with Crippen LogP contribution in [0.5, 0.6) is 0 Å². The fourth-order valence-electron chi connectivity index (χ4n) is 8.81. The monoisotopic (exact) mass is 475 g/mol. The van der Waals surface area contributed by atoms with E-state index < -0.39 is 0 Å². The molecule has 3 fully saturated rings. The van der Waals surface area contributed by atoms with Gasteiger partial charge in [-0.25, -0.2) is 9.97 Å². The molecule has 6 atom stereocenters. The van der Waals surface area contributed by atoms with Crippen LogP contribution < -0.4 is 5.32 Å². The molecule has 3 aliphatic carbocycles. The summed E-state index contributed by atoms with van der Waals surface area (Å²) in [5.74, 6) is 2.91. The van der Waals surface area contributed by atoms with E-state index in [1.54, 1.807) is 6.20 Å². The van der Waals surface area contributed by atoms with Crippen molar-refractivity contribution in [3.8, 4) is 0 Å². The van der Waals surface area contributed by atoms with Crippen LogP contribution in [-0.2, 0) is 16.1 Å². The van der Waals surface area contributed by atoms with Crippen molar-refractivity contribution in [2.24, 2.45) is 34.5 Å². The van der Waals surface area contributed by atoms with Gasteiger partial charge in [0.25, 0.3) is 0 Å². The largest absolute Gasteiger partial charge is 0.350 e. The molecule has 1 unspecified atom stereocenters. The Morgan fingerprint density at radius 2 is 2.03 bits per heavy atom. The van der Waals surface area contributed by atoms with Gasteiger partial charge in [-0.2, -0.15) is 0 Å². The first-order valence-corrected chi connectivity index (χ1v) is 13.3. The first kappa shape index (κ1) is 22.7. The highest BCUT2D eigenvalue weighted by atomic mass is 16.2. The normalized spacial score (nSPS) is 36.7. The molecule has 7 nitrogen and oxygen atoms in total. The van der Waals surface area contributed by atoms with Crippen LogP contribution in [0.25, 0.3) is 5.78 Å². The summed E-state index contributed by atoms with van der Waals surface area (Å²) >= 11 is 0. The van der Waals surface area contributed by atoms with Crippen molar-refractivity contribution in [2.45, 2.75) is 72.3 Å². The van der Waals surface area contributed by atoms with Gasteiger partial charge >= 0.3 is 0 Å². The number of allylic oxidation sites excluding steroid dienone is 2. The Morgan fingerprint density at radius 1 is 1.20 bits per heavy atom. The van der Waals surface area contributed by atoms with Crippen LogP contribution in [0.4, 0.5) is 0 Å². The molecule has 0 spiro atoms. The van der Waals surface area contributed by atoms with Gasteiger partial charge in [0.1, 0.15) is 0 Å². The summed E-state index contributed by atoms with van der Waals surface area (Å²) in [5, 5.41) is 3.21. The SMILES string of the molecule is CC1=C2N(C)C(=O)CC[C@]2(C)[C@@H]2CC[C@]3(C)C(C(=O)NCc4cn5cccnc5n4)CC[C@H]3[C@@H]2C1. The number of nitrogens with zero attached hydrogens (tertiary/aromatic N) is 4. The standard InChI is InChI=1S/C28H37N5O2/c1-17-14-19-20-6-7-22(25(35)30-15-18-16-33-13-5-12-29-26(33)31-18)27(20,2)10-8-21(19)28(3)11-9-23(34)32(4)24(17)28/h5,12-13,16,19-22H,6-11,14-15H2,1-4H3,(H,30,35)/t19-,20-,21+,22?,27-,28+/m0/s1. The fourth-order valence-corrected chi connectivity index (χ4v) is 8.81. The summed E-state index contributed by atoms with van der Waals surface area (Å²) in [5.41, 5.74) is 3.64. The molecule has 2 amide bonds. The zero-order valence-corrected chi connectivity index (χ0v) is 21.4. The minimum Gasteiger partial charge on any atom is -0.350 e. The lowest BCUT2D eigenvalue weighted by atomic mass is 9.48. The molecular formula is C28H37N5O2. The molecule has 1 saturated heterocycles. The third-order valence-electron chi connectivity index (χ3n) is 10.4. The molecule has 0 bridgehead atoms. The van der Waals surface area contributed by atoms with E-state index in [-0.39, 0.29) is 28.6 Å². The van der Waals surface area contributed by atoms with Crippen LogP contribution in [0.2, 0.25) is 0 Å². The molecule has 1 aliphatic heterocycles. The maximum atomic E-state index is 13.5. The van der Waals surface area contributed by atoms with Gasteiger partial charge < -0.3 is 10.2 Å². The minimum atomic E-state index is 0.0379. The van der Waals surface area contributed by atoms with Gasteiger partial charge in [0, 0.05) is 49.1 Å². The van der Waals surface area contributed by atoms with Crippen LogP contribution in [0.15, 0.2) is 35.9 Å². The van der Waals surface area contributed by atoms with E-state index in [0.717, 1.165) is 44.2 Å². The first-order chi connectivity index (χ1) is 16.7. The Bertz CT molecular complexity index is 1200. The lowest BCUT2D eigenvalue weighted by Gasteiger charge is -2.59. The van der Waals surface area contributed by atoms with Gasteiger partial charge in [-0.1, -0.05) is 19.4 Å². The summed E-state index contributed by atoms with van der Waals surface area (Å²) in [6, 6.07) is 1.88. The summed E-state index contributed by atoms with van der Waals surface area (Å²) in [4.78, 5) is 36.7. The lowest BCUT2D eigenvalue weighted by molar-refractivity contribution is -0.138. The quantitative estimate of drug-likeness (QED) is 0.716. The van der Waals surface area contributed by atoms with E-state index in [2.05, 4.69) is 36.1 Å². The average molecular weight is 476 g/mol. The number of hydrogen-bond donors (Lipinski definition) is 1. The Morgan fingerprint density at radius 3 is 2.83 bits per heavy atom. The maximum Gasteiger partial charge on any atom is 0.233 e. The Hall–Kier alpha value is -2.70. The van der Waals surface area contributed by atoms with Crippen molar-refractivity contribution in [3.05, 3.63) is 41.6 Å². The first-order valence-electron chi connectivity index (χ1n) is 13.3. The highest BCUT2D eigenvalue weighted by molar-refractivity contribution is 5.80. The maximum absolute atomic E-state index is 13.5. The number of piperidine rings is 1. The molecule has 1 N–H and O–H groups in total. The molecule has 0 radical (unpaired) electrons. The van der Waals surface area contributed by atoms with Crippen molar-refractivity contribution < 1.29 is 9.59 Å². The highest BCUT2D eigenvalue weighted by Gasteiger charge is 2.61. The van der Waals surface area contributed by atoms with E-state index in [1.807, 2.05) is 34.8 Å². The van der Waals surface area contributed by atoms with Crippen molar-refractivity contribution in [3.63, 3.8) is 0 Å². The molecule has 7 heteroatoms. The zero-order chi connectivity index (χ0) is 24.5. The van der Waals surface area contributed by atoms with Crippen LogP contribution in [-0.4, -0.2) is 38.1 Å². The second-order valence-electron chi connectivity index (χ2n) is 12.0. The van der Waals surface area contributed by atoms with Gasteiger partial charge in [0.2, 0.25) is 17.6 Å². The predicted octanol–water partition coefficient (Wildman–Crippen LogP) is 4.34. The van der Waals surface area contributed by atoms with Crippen molar-refractivity contribution >= 4 is 17.6 Å². The fraction of sp³-hybridized carbons (Fsp3) is 0.643. The van der Waals surface area contributed by atoms with Gasteiger partial charge in [-0.15, -0.1) is 0 Å². The molecule has 6 rings (SSSR count). The smallest absolute Gasteiger partial charge is 0.233 e. The Kier molecular flexibility index (Phi) is 5.14. The topological polar surface area (TPSA) is 79.6 Å². The third kappa shape index (κ3) is 3.30. The summed E-state index contributed by atoms with van der Waals surface area (Å²) in [6.07, 6.45) is 12.6. The molecule has 2 saturated carbocycles.